The number of nitrogens with one attached hydrogen (secondary N) is 13. The Bertz CT molecular complexity index is 6350. The minimum atomic E-state index is -2.83. The molecule has 29 N–H and O–H groups in total. The smallest absolute Gasteiger partial charge is 0.351 e. The molecule has 0 aliphatic heterocycles. The van der Waals surface area contributed by atoms with E-state index in [1.165, 1.54) is 0 Å². The van der Waals surface area contributed by atoms with Gasteiger partial charge in [0, 0.05) is 53.9 Å². The Labute approximate surface area is 632 Å². The number of hydrogen-bond donors (Lipinski definition) is 21. The molecule has 0 fully saturated rings. The third kappa shape index (κ3) is 17.5. The van der Waals surface area contributed by atoms with Crippen LogP contribution >= 0.6 is 0 Å². The number of aryl methyl sites for hydroxylation is 3. The minimum absolute atomic E-state index is 0.139. The van der Waals surface area contributed by atoms with Gasteiger partial charge in [0.2, 0.25) is 17.8 Å². The van der Waals surface area contributed by atoms with Crippen LogP contribution in [0.5, 0.6) is 0 Å². The summed E-state index contributed by atoms with van der Waals surface area (Å²) in [5, 5.41) is 17.1. The number of imidazole rings is 2. The van der Waals surface area contributed by atoms with E-state index in [0.717, 1.165) is 68.6 Å². The maximum atomic E-state index is 15.6. The first kappa shape index (κ1) is 81.1. The summed E-state index contributed by atoms with van der Waals surface area (Å²) >= 11 is 0. The first-order valence-electron chi connectivity index (χ1n) is 33.0. The molecule has 0 aromatic carbocycles. The Morgan fingerprint density at radius 1 is 0.383 bits per heavy atom. The van der Waals surface area contributed by atoms with E-state index in [4.69, 9.17) is 45.9 Å². The first-order chi connectivity index (χ1) is 54.3. The van der Waals surface area contributed by atoms with Gasteiger partial charge in [0.15, 0.2) is 71.7 Å². The number of nitrogens with two attached hydrogens (primary N) is 8. The third-order valence-corrected chi connectivity index (χ3v) is 16.7. The number of aromatic nitrogens is 20. The summed E-state index contributed by atoms with van der Waals surface area (Å²) in [5.74, 6) is -17.2. The van der Waals surface area contributed by atoms with Crippen molar-refractivity contribution in [2.45, 2.75) is 95.4 Å². The number of H-pyrrole nitrogens is 5. The van der Waals surface area contributed by atoms with Crippen LogP contribution in [0.15, 0.2) is 121 Å². The highest BCUT2D eigenvalue weighted by Crippen LogP contribution is 2.20. The molecule has 0 radical (unpaired) electrons. The highest BCUT2D eigenvalue weighted by atomic mass is 16.2. The molecular weight excluding hydrogens is 1530 g/mol. The zero-order chi connectivity index (χ0) is 84.0. The van der Waals surface area contributed by atoms with Gasteiger partial charge in [0.25, 0.3) is 75.1 Å². The van der Waals surface area contributed by atoms with Crippen molar-refractivity contribution in [2.24, 2.45) is 17.2 Å². The van der Waals surface area contributed by atoms with Crippen LogP contribution < -0.4 is 150 Å². The van der Waals surface area contributed by atoms with Gasteiger partial charge in [-0.2, -0.15) is 24.9 Å². The second kappa shape index (κ2) is 33.2. The molecule has 0 bridgehead atoms. The molecule has 0 saturated carbocycles. The van der Waals surface area contributed by atoms with Crippen LogP contribution in [0.3, 0.4) is 0 Å². The van der Waals surface area contributed by atoms with Crippen LogP contribution in [0.25, 0.3) is 22.3 Å². The van der Waals surface area contributed by atoms with Crippen molar-refractivity contribution in [2.75, 3.05) is 35.2 Å². The number of amides is 9. The summed E-state index contributed by atoms with van der Waals surface area (Å²) in [5.41, 5.74) is 28.6. The standard InChI is InChI=1S/C59H66N36O20/c1-19-14-91(57(113)85-39(19)97)34(48(106)76-32(89-12-8-24(62)72-55(89)111)46(104)75-33(90-13-9-25(63)73-56(90)112)47(105)80-37(45(103)70-22(29(65)96)6-4-5-10-60)94-17-68-26-30(94)81-52(66)83-42(26)100)77-49(107)35(92-15-20(2)40(98)86-58(92)114)78-50(108)36(93-16-21(3)41(99)87-59(93)115)79-51(109)38(95-18-69-27-31(95)82-53(67)84-43(27)101)74-44(102)28(64)88-11-7-23(61)71-54(88)110/h7-9,11-18,22,28,32-38H,4-6,10,60,64H2,1-3H3,(H2,65,96)(H,70,103)(H,74,102)(H,75,104)(H,76,106)(H,77,107)(H,78,108)(H,79,109)(H,80,105)(H2,61,71,110)(H2,62,72,111)(H2,63,73,112)(H,85,97,113)(H,86,98,114)(H,87,99,115)(H3,66,81,83,100)(H3,67,82,84,101)/t22-,28-,32-,33-,34-,35-,36-,37-,38-/m0/s1. The van der Waals surface area contributed by atoms with E-state index in [1.54, 1.807) is 0 Å². The highest BCUT2D eigenvalue weighted by molar-refractivity contribution is 5.97. The van der Waals surface area contributed by atoms with Crippen molar-refractivity contribution in [1.82, 2.24) is 139 Å². The Hall–Kier alpha value is -16.5. The molecule has 9 atom stereocenters. The van der Waals surface area contributed by atoms with E-state index >= 15 is 28.8 Å². The zero-order valence-corrected chi connectivity index (χ0v) is 59.4. The third-order valence-electron chi connectivity index (χ3n) is 16.7. The van der Waals surface area contributed by atoms with Gasteiger partial charge in [-0.25, -0.2) is 38.7 Å². The average molecular weight is 1600 g/mol. The Kier molecular flexibility index (Phi) is 23.4. The Balaban J connectivity index is 1.06. The number of aromatic amines is 5. The first-order valence-corrected chi connectivity index (χ1v) is 33.0. The molecule has 602 valence electrons. The number of primary amides is 1. The monoisotopic (exact) mass is 1600 g/mol. The van der Waals surface area contributed by atoms with Gasteiger partial charge in [-0.05, 0) is 64.8 Å². The van der Waals surface area contributed by atoms with E-state index in [2.05, 4.69) is 76.8 Å². The van der Waals surface area contributed by atoms with Crippen LogP contribution in [0.1, 0.15) is 85.3 Å². The molecule has 10 heterocycles. The normalized spacial score (nSPS) is 13.6. The Morgan fingerprint density at radius 2 is 0.678 bits per heavy atom. The van der Waals surface area contributed by atoms with E-state index in [-0.39, 0.29) is 38.9 Å². The van der Waals surface area contributed by atoms with Crippen LogP contribution in [-0.2, 0) is 43.2 Å². The number of anilines is 5. The van der Waals surface area contributed by atoms with Gasteiger partial charge >= 0.3 is 34.1 Å². The Morgan fingerprint density at radius 3 is 0.991 bits per heavy atom. The van der Waals surface area contributed by atoms with Crippen LogP contribution in [0.2, 0.25) is 0 Å². The largest absolute Gasteiger partial charge is 0.383 e. The van der Waals surface area contributed by atoms with Crippen molar-refractivity contribution in [3.05, 3.63) is 199 Å². The number of nitrogens with zero attached hydrogens (tertiary/aromatic N) is 15. The van der Waals surface area contributed by atoms with Crippen molar-refractivity contribution in [3.63, 3.8) is 0 Å². The van der Waals surface area contributed by atoms with Crippen molar-refractivity contribution in [1.29, 1.82) is 0 Å². The van der Waals surface area contributed by atoms with Gasteiger partial charge in [-0.15, -0.1) is 0 Å². The summed E-state index contributed by atoms with van der Waals surface area (Å²) in [6, 6.07) is 1.32. The van der Waals surface area contributed by atoms with Gasteiger partial charge in [-0.3, -0.25) is 129 Å². The predicted molar refractivity (Wildman–Crippen MR) is 390 cm³/mol. The van der Waals surface area contributed by atoms with Crippen LogP contribution in [0, 0.1) is 20.8 Å². The number of carbonyl (C=O) groups is 9. The quantitative estimate of drug-likeness (QED) is 0.0194. The fourth-order valence-corrected chi connectivity index (χ4v) is 11.0. The molecule has 10 rings (SSSR count). The number of nitrogen functional groups attached to an aromatic ring is 5. The molecule has 0 aliphatic carbocycles. The number of hydrogen-bond acceptors (Lipinski definition) is 34. The minimum Gasteiger partial charge on any atom is -0.383 e. The van der Waals surface area contributed by atoms with Gasteiger partial charge in [-0.1, -0.05) is 0 Å². The molecule has 0 aliphatic rings. The lowest BCUT2D eigenvalue weighted by Gasteiger charge is -2.30. The SMILES string of the molecule is Cc1cn([C@H](NC(=O)[C@@H](NC(=O)[C@@H](NC(=O)[C@@H](NC(=O)[C@@H](N)n2ccc(N)nc2=O)n2cnc3c(=O)[nH]c(N)nc32)n2cc(C)c(=O)[nH]c2=O)n2cc(C)c(=O)[nH]c2=O)C(=O)N[C@H](C(=O)N[C@H](C(=O)N[C@H](C(=O)N[C@@H](CCCCN)C(N)=O)n2cnc3c(=O)[nH]c(N)nc32)n2ccc(N)nc2=O)n2ccc(N)nc2=O)c(=O)[nH]c1=O. The average Bonchev–Trinajstić information content (AvgIpc) is 1.68. The molecule has 115 heavy (non-hydrogen) atoms. The number of fused-ring (bicyclic) bond motifs is 2. The lowest BCUT2D eigenvalue weighted by Crippen LogP contribution is -2.58. The second-order valence-corrected chi connectivity index (χ2v) is 24.7. The summed E-state index contributed by atoms with van der Waals surface area (Å²) in [6.45, 7) is 3.34. The molecule has 9 amide bonds. The van der Waals surface area contributed by atoms with E-state index in [9.17, 15) is 67.1 Å². The lowest BCUT2D eigenvalue weighted by molar-refractivity contribution is -0.140. The van der Waals surface area contributed by atoms with Crippen molar-refractivity contribution in [3.8, 4) is 0 Å². The number of carbonyl (C=O) groups excluding carboxylic acids is 9. The maximum Gasteiger partial charge on any atom is 0.351 e. The number of rotatable bonds is 29. The fourth-order valence-electron chi connectivity index (χ4n) is 11.0. The molecule has 10 aromatic rings. The lowest BCUT2D eigenvalue weighted by atomic mass is 10.1. The van der Waals surface area contributed by atoms with E-state index < -0.39 is 233 Å². The van der Waals surface area contributed by atoms with Gasteiger partial charge < -0.3 is 88.4 Å². The second-order valence-electron chi connectivity index (χ2n) is 24.7. The summed E-state index contributed by atoms with van der Waals surface area (Å²) in [4.78, 5) is 318. The molecular formula is C59H66N36O20. The van der Waals surface area contributed by atoms with E-state index in [1.807, 2.05) is 25.6 Å². The van der Waals surface area contributed by atoms with Gasteiger partial charge in [0.05, 0.1) is 12.7 Å². The van der Waals surface area contributed by atoms with Crippen molar-refractivity contribution >= 4 is 105 Å². The zero-order valence-electron chi connectivity index (χ0n) is 59.4. The molecule has 10 aromatic heterocycles. The molecule has 56 nitrogen and oxygen atoms in total. The van der Waals surface area contributed by atoms with Crippen LogP contribution in [-0.4, -0.2) is 162 Å². The molecule has 56 heteroatoms. The summed E-state index contributed by atoms with van der Waals surface area (Å²) in [7, 11) is 0. The van der Waals surface area contributed by atoms with Crippen LogP contribution in [0.4, 0.5) is 29.4 Å². The topological polar surface area (TPSA) is 854 Å². The maximum absolute atomic E-state index is 15.6. The summed E-state index contributed by atoms with van der Waals surface area (Å²) in [6.07, 6.45) is -14.3. The number of unbranched alkanes of at least 4 members (excludes halogenated alkanes) is 1. The van der Waals surface area contributed by atoms with Gasteiger partial charge in [0.1, 0.15) is 23.5 Å². The molecule has 0 saturated heterocycles. The van der Waals surface area contributed by atoms with E-state index in [0.29, 0.717) is 49.5 Å². The predicted octanol–water partition coefficient (Wildman–Crippen LogP) is -13.6. The molecule has 0 unspecified atom stereocenters. The summed E-state index contributed by atoms with van der Waals surface area (Å²) < 4.78 is 3.37. The fraction of sp³-hybridized carbons (Fsp3) is 0.271. The highest BCUT2D eigenvalue weighted by Gasteiger charge is 2.41. The molecule has 0 spiro atoms. The van der Waals surface area contributed by atoms with Crippen molar-refractivity contribution < 1.29 is 43.2 Å².